The SMILES string of the molecule is [2H]CSSCC(=O)C[B][C@H]1CC(OCCC(C)=O)[C@@H](COP(C)(=O)OP(=O)(O)OP(=O)(O)O)O1. The number of rotatable bonds is 17. The second-order valence-electron chi connectivity index (χ2n) is 6.86. The van der Waals surface area contributed by atoms with Gasteiger partial charge < -0.3 is 28.7 Å². The van der Waals surface area contributed by atoms with Gasteiger partial charge in [-0.1, -0.05) is 21.6 Å². The Morgan fingerprint density at radius 1 is 1.24 bits per heavy atom. The van der Waals surface area contributed by atoms with Crippen LogP contribution in [0.3, 0.4) is 0 Å². The number of hydrogen-bond acceptors (Lipinski definition) is 12. The van der Waals surface area contributed by atoms with Crippen LogP contribution in [0.1, 0.15) is 21.1 Å². The molecule has 5 atom stereocenters. The minimum Gasteiger partial charge on any atom is -0.379 e. The molecule has 0 aromatic heterocycles. The van der Waals surface area contributed by atoms with Crippen molar-refractivity contribution in [2.75, 3.05) is 31.9 Å². The van der Waals surface area contributed by atoms with Gasteiger partial charge in [-0.05, 0) is 25.9 Å². The molecule has 0 aromatic carbocycles. The molecular formula is C14H27BO13P3S2. The second kappa shape index (κ2) is 14.3. The molecular weight excluding hydrogens is 544 g/mol. The number of phosphoric acid groups is 2. The van der Waals surface area contributed by atoms with Crippen LogP contribution >= 0.6 is 44.8 Å². The summed E-state index contributed by atoms with van der Waals surface area (Å²) in [6.07, 6.45) is -0.804. The van der Waals surface area contributed by atoms with E-state index in [1.54, 1.807) is 7.28 Å². The molecule has 0 saturated carbocycles. The van der Waals surface area contributed by atoms with Crippen molar-refractivity contribution in [3.8, 4) is 0 Å². The van der Waals surface area contributed by atoms with E-state index in [2.05, 4.69) is 8.62 Å². The third-order valence-corrected chi connectivity index (χ3v) is 9.63. The molecule has 1 heterocycles. The van der Waals surface area contributed by atoms with E-state index in [9.17, 15) is 28.2 Å². The average molecular weight is 572 g/mol. The van der Waals surface area contributed by atoms with Crippen LogP contribution in [0.2, 0.25) is 6.32 Å². The van der Waals surface area contributed by atoms with Gasteiger partial charge in [-0.25, -0.2) is 13.4 Å². The molecule has 1 aliphatic rings. The summed E-state index contributed by atoms with van der Waals surface area (Å²) < 4.78 is 66.1. The lowest BCUT2D eigenvalue weighted by molar-refractivity contribution is -0.119. The maximum atomic E-state index is 12.4. The Kier molecular flexibility index (Phi) is 12.8. The van der Waals surface area contributed by atoms with Crippen LogP contribution in [0.5, 0.6) is 0 Å². The molecule has 0 bridgehead atoms. The largest absolute Gasteiger partial charge is 0.488 e. The molecule has 19 heteroatoms. The fourth-order valence-corrected chi connectivity index (χ4v) is 7.12. The van der Waals surface area contributed by atoms with Crippen molar-refractivity contribution in [2.45, 2.75) is 44.3 Å². The first-order valence-corrected chi connectivity index (χ1v) is 16.8. The van der Waals surface area contributed by atoms with Gasteiger partial charge in [-0.15, -0.1) is 0 Å². The minimum atomic E-state index is -5.41. The van der Waals surface area contributed by atoms with E-state index in [-0.39, 0.29) is 42.9 Å². The number of hydrogen-bond donors (Lipinski definition) is 3. The van der Waals surface area contributed by atoms with Crippen LogP contribution in [-0.4, -0.2) is 83.6 Å². The summed E-state index contributed by atoms with van der Waals surface area (Å²) in [5.74, 6) is 0.0590. The van der Waals surface area contributed by atoms with Gasteiger partial charge in [-0.2, -0.15) is 4.31 Å². The van der Waals surface area contributed by atoms with Gasteiger partial charge in [0.15, 0.2) is 7.28 Å². The van der Waals surface area contributed by atoms with Crippen LogP contribution in [0, 0.1) is 0 Å². The second-order valence-corrected chi connectivity index (χ2v) is 14.1. The monoisotopic (exact) mass is 572 g/mol. The molecule has 0 amide bonds. The van der Waals surface area contributed by atoms with E-state index in [1.807, 2.05) is 0 Å². The highest BCUT2D eigenvalue weighted by Gasteiger charge is 2.41. The number of ketones is 2. The van der Waals surface area contributed by atoms with Crippen molar-refractivity contribution in [2.24, 2.45) is 0 Å². The maximum Gasteiger partial charge on any atom is 0.488 e. The summed E-state index contributed by atoms with van der Waals surface area (Å²) in [4.78, 5) is 49.7. The number of ether oxygens (including phenoxy) is 2. The Balaban J connectivity index is 2.68. The predicted octanol–water partition coefficient (Wildman–Crippen LogP) is 2.23. The van der Waals surface area contributed by atoms with Crippen LogP contribution in [0.25, 0.3) is 0 Å². The van der Waals surface area contributed by atoms with Crippen LogP contribution < -0.4 is 0 Å². The molecule has 191 valence electrons. The van der Waals surface area contributed by atoms with Gasteiger partial charge >= 0.3 is 23.2 Å². The zero-order valence-corrected chi connectivity index (χ0v) is 22.2. The van der Waals surface area contributed by atoms with Crippen LogP contribution in [0.4, 0.5) is 0 Å². The van der Waals surface area contributed by atoms with Gasteiger partial charge in [0.2, 0.25) is 0 Å². The van der Waals surface area contributed by atoms with E-state index < -0.39 is 48.1 Å². The molecule has 33 heavy (non-hydrogen) atoms. The highest BCUT2D eigenvalue weighted by atomic mass is 33.1. The highest BCUT2D eigenvalue weighted by Crippen LogP contribution is 2.66. The first-order valence-electron chi connectivity index (χ1n) is 10.0. The molecule has 0 aliphatic carbocycles. The first kappa shape index (κ1) is 29.7. The quantitative estimate of drug-likeness (QED) is 0.0994. The Bertz CT molecular complexity index is 831. The molecule has 3 unspecified atom stereocenters. The third kappa shape index (κ3) is 14.6. The standard InChI is InChI=1S/C14H27BO13P3S2/c1-10(16)4-5-24-12-6-14(15-7-11(17)9-33-32-3)26-13(12)8-25-29(2,18)27-31(22,23)28-30(19,20)21/h12-14H,4-9H2,1-3H3,(H,22,23)(H2,19,20,21)/t12?,13-,14-,29?/m1/s1/i3D. The molecule has 0 aromatic rings. The molecule has 1 rings (SSSR count). The zero-order chi connectivity index (χ0) is 26.0. The number of carbonyl (C=O) groups is 2. The van der Waals surface area contributed by atoms with Gasteiger partial charge in [0.05, 0.1) is 25.1 Å². The Labute approximate surface area is 201 Å². The molecule has 0 spiro atoms. The minimum absolute atomic E-state index is 0.0708. The smallest absolute Gasteiger partial charge is 0.379 e. The molecule has 1 saturated heterocycles. The molecule has 1 aliphatic heterocycles. The highest BCUT2D eigenvalue weighted by molar-refractivity contribution is 8.76. The zero-order valence-electron chi connectivity index (χ0n) is 18.8. The lowest BCUT2D eigenvalue weighted by Gasteiger charge is -2.22. The fraction of sp³-hybridized carbons (Fsp3) is 0.857. The van der Waals surface area contributed by atoms with Crippen molar-refractivity contribution in [3.63, 3.8) is 0 Å². The van der Waals surface area contributed by atoms with Gasteiger partial charge in [0.1, 0.15) is 17.7 Å². The first-order chi connectivity index (χ1) is 15.6. The summed E-state index contributed by atoms with van der Waals surface area (Å²) in [7, 11) is -11.0. The van der Waals surface area contributed by atoms with Crippen molar-refractivity contribution in [1.82, 2.24) is 0 Å². The van der Waals surface area contributed by atoms with Crippen molar-refractivity contribution in [1.29, 1.82) is 0 Å². The van der Waals surface area contributed by atoms with Gasteiger partial charge in [-0.3, -0.25) is 14.2 Å². The lowest BCUT2D eigenvalue weighted by atomic mass is 9.66. The van der Waals surface area contributed by atoms with Crippen molar-refractivity contribution < 1.29 is 62.0 Å². The summed E-state index contributed by atoms with van der Waals surface area (Å²) in [5.41, 5.74) is 0. The van der Waals surface area contributed by atoms with Crippen LogP contribution in [-0.2, 0) is 45.9 Å². The van der Waals surface area contributed by atoms with E-state index in [0.29, 0.717) is 6.42 Å². The molecule has 1 fully saturated rings. The van der Waals surface area contributed by atoms with Crippen molar-refractivity contribution >= 4 is 63.7 Å². The number of Topliss-reactive ketones (excluding diaryl/α,β-unsaturated/α-hetero) is 2. The molecule has 1 radical (unpaired) electrons. The van der Waals surface area contributed by atoms with E-state index in [1.165, 1.54) is 28.5 Å². The maximum absolute atomic E-state index is 12.4. The Morgan fingerprint density at radius 2 is 1.94 bits per heavy atom. The lowest BCUT2D eigenvalue weighted by Crippen LogP contribution is -2.29. The summed E-state index contributed by atoms with van der Waals surface area (Å²) in [6.45, 7) is 1.82. The van der Waals surface area contributed by atoms with Crippen molar-refractivity contribution in [3.05, 3.63) is 0 Å². The molecule has 3 N–H and O–H groups in total. The third-order valence-electron chi connectivity index (χ3n) is 3.86. The van der Waals surface area contributed by atoms with E-state index in [4.69, 9.17) is 25.2 Å². The Hall–Kier alpha value is 0.475. The summed E-state index contributed by atoms with van der Waals surface area (Å²) in [6, 6.07) is -0.534. The fourth-order valence-electron chi connectivity index (χ4n) is 2.57. The number of carbonyl (C=O) groups excluding carboxylic acids is 2. The summed E-state index contributed by atoms with van der Waals surface area (Å²) in [5, 5.41) is 0. The van der Waals surface area contributed by atoms with E-state index in [0.717, 1.165) is 6.66 Å². The Morgan fingerprint density at radius 3 is 2.55 bits per heavy atom. The average Bonchev–Trinajstić information content (AvgIpc) is 3.04. The predicted molar refractivity (Wildman–Crippen MR) is 123 cm³/mol. The van der Waals surface area contributed by atoms with Gasteiger partial charge in [0.25, 0.3) is 0 Å². The van der Waals surface area contributed by atoms with E-state index >= 15 is 0 Å². The normalized spacial score (nSPS) is 25.1. The molecule has 13 nitrogen and oxygen atoms in total. The summed E-state index contributed by atoms with van der Waals surface area (Å²) >= 11 is 0. The topological polar surface area (TPSA) is 192 Å². The van der Waals surface area contributed by atoms with Gasteiger partial charge in [0, 0.05) is 20.5 Å². The van der Waals surface area contributed by atoms with Crippen LogP contribution in [0.15, 0.2) is 0 Å².